The molecule has 4 aromatic rings. The van der Waals surface area contributed by atoms with E-state index < -0.39 is 50.9 Å². The number of pyridine rings is 1. The molecule has 1 saturated heterocycles. The maximum absolute atomic E-state index is 14.0. The molecule has 41 heavy (non-hydrogen) atoms. The number of fused-ring (bicyclic) bond motifs is 2. The molecule has 0 saturated carbocycles. The van der Waals surface area contributed by atoms with Crippen molar-refractivity contribution in [1.29, 1.82) is 0 Å². The van der Waals surface area contributed by atoms with Crippen LogP contribution in [0.3, 0.4) is 0 Å². The predicted octanol–water partition coefficient (Wildman–Crippen LogP) is 4.23. The van der Waals surface area contributed by atoms with Gasteiger partial charge in [-0.2, -0.15) is 27.7 Å². The van der Waals surface area contributed by atoms with Crippen molar-refractivity contribution in [3.63, 3.8) is 0 Å². The average Bonchev–Trinajstić information content (AvgIpc) is 3.58. The highest BCUT2D eigenvalue weighted by molar-refractivity contribution is 7.89. The van der Waals surface area contributed by atoms with Gasteiger partial charge in [-0.1, -0.05) is 5.57 Å². The van der Waals surface area contributed by atoms with Gasteiger partial charge >= 0.3 is 6.18 Å². The summed E-state index contributed by atoms with van der Waals surface area (Å²) in [4.78, 5) is 17.9. The molecule has 212 valence electrons. The number of rotatable bonds is 5. The van der Waals surface area contributed by atoms with Crippen LogP contribution in [0.5, 0.6) is 0 Å². The lowest BCUT2D eigenvalue weighted by molar-refractivity contribution is -0.137. The summed E-state index contributed by atoms with van der Waals surface area (Å²) in [6, 6.07) is 7.04. The molecular weight excluding hydrogens is 564 g/mol. The second-order valence-corrected chi connectivity index (χ2v) is 11.9. The SMILES string of the molecule is Cn1cc(S(=O)(=O)N2CCC3=Cc4c(cnn4-c4ccc(F)cc4)[C@H](C(=O)c4cc(C(F)(F)F)ccn4)C3C2)cn1. The molecule has 1 unspecified atom stereocenters. The average molecular weight is 587 g/mol. The highest BCUT2D eigenvalue weighted by Gasteiger charge is 2.45. The van der Waals surface area contributed by atoms with Crippen LogP contribution in [0.4, 0.5) is 17.6 Å². The number of hydrogen-bond donors (Lipinski definition) is 0. The van der Waals surface area contributed by atoms with Crippen molar-refractivity contribution in [3.8, 4) is 5.69 Å². The molecule has 1 aromatic carbocycles. The van der Waals surface area contributed by atoms with Crippen LogP contribution >= 0.6 is 0 Å². The molecule has 2 atom stereocenters. The third-order valence-electron chi connectivity index (χ3n) is 7.43. The van der Waals surface area contributed by atoms with Gasteiger partial charge in [-0.15, -0.1) is 0 Å². The topological polar surface area (TPSA) is 103 Å². The molecule has 1 aliphatic carbocycles. The minimum Gasteiger partial charge on any atom is -0.292 e. The normalized spacial score (nSPS) is 19.4. The van der Waals surface area contributed by atoms with E-state index in [2.05, 4.69) is 15.2 Å². The first-order chi connectivity index (χ1) is 19.4. The molecule has 0 bridgehead atoms. The van der Waals surface area contributed by atoms with Crippen LogP contribution in [-0.4, -0.2) is 56.1 Å². The van der Waals surface area contributed by atoms with Crippen LogP contribution < -0.4 is 0 Å². The zero-order valence-corrected chi connectivity index (χ0v) is 22.3. The number of nitrogens with zero attached hydrogens (tertiary/aromatic N) is 6. The summed E-state index contributed by atoms with van der Waals surface area (Å²) < 4.78 is 85.0. The number of carbonyl (C=O) groups excluding carboxylic acids is 1. The second kappa shape index (κ2) is 9.73. The summed E-state index contributed by atoms with van der Waals surface area (Å²) in [6.07, 6.45) is 2.40. The molecule has 1 fully saturated rings. The summed E-state index contributed by atoms with van der Waals surface area (Å²) >= 11 is 0. The van der Waals surface area contributed by atoms with Gasteiger partial charge in [-0.05, 0) is 48.9 Å². The fourth-order valence-corrected chi connectivity index (χ4v) is 6.88. The lowest BCUT2D eigenvalue weighted by atomic mass is 9.72. The Morgan fingerprint density at radius 3 is 2.51 bits per heavy atom. The Kier molecular flexibility index (Phi) is 6.41. The van der Waals surface area contributed by atoms with Gasteiger partial charge in [0.05, 0.1) is 35.3 Å². The first kappa shape index (κ1) is 27.0. The highest BCUT2D eigenvalue weighted by Crippen LogP contribution is 2.45. The van der Waals surface area contributed by atoms with Crippen LogP contribution in [-0.2, 0) is 23.2 Å². The van der Waals surface area contributed by atoms with Crippen LogP contribution in [0.1, 0.15) is 39.6 Å². The van der Waals surface area contributed by atoms with Crippen molar-refractivity contribution >= 4 is 21.9 Å². The van der Waals surface area contributed by atoms with E-state index in [1.165, 1.54) is 56.5 Å². The van der Waals surface area contributed by atoms with E-state index in [0.717, 1.165) is 17.8 Å². The molecule has 4 heterocycles. The summed E-state index contributed by atoms with van der Waals surface area (Å²) in [5.74, 6) is -2.88. The lowest BCUT2D eigenvalue weighted by Gasteiger charge is -2.39. The Morgan fingerprint density at radius 2 is 1.83 bits per heavy atom. The smallest absolute Gasteiger partial charge is 0.292 e. The van der Waals surface area contributed by atoms with Crippen molar-refractivity contribution < 1.29 is 30.8 Å². The molecule has 6 rings (SSSR count). The monoisotopic (exact) mass is 586 g/mol. The number of halogens is 4. The number of sulfonamides is 1. The summed E-state index contributed by atoms with van der Waals surface area (Å²) in [5, 5.41) is 8.36. The van der Waals surface area contributed by atoms with Gasteiger partial charge in [0.2, 0.25) is 10.0 Å². The summed E-state index contributed by atoms with van der Waals surface area (Å²) in [7, 11) is -2.37. The number of alkyl halides is 3. The zero-order chi connectivity index (χ0) is 29.1. The fraction of sp³-hybridized carbons (Fsp3) is 0.259. The van der Waals surface area contributed by atoms with Gasteiger partial charge in [0.25, 0.3) is 0 Å². The predicted molar refractivity (Wildman–Crippen MR) is 138 cm³/mol. The molecule has 2 aliphatic rings. The van der Waals surface area contributed by atoms with E-state index in [4.69, 9.17) is 0 Å². The quantitative estimate of drug-likeness (QED) is 0.256. The number of Topliss-reactive ketones (excluding diaryl/α,β-unsaturated/α-hetero) is 1. The van der Waals surface area contributed by atoms with Gasteiger partial charge in [0.1, 0.15) is 16.4 Å². The number of hydrogen-bond acceptors (Lipinski definition) is 6. The number of aromatic nitrogens is 5. The molecule has 0 N–H and O–H groups in total. The Balaban J connectivity index is 1.45. The molecule has 0 spiro atoms. The van der Waals surface area contributed by atoms with Crippen LogP contribution in [0.15, 0.2) is 71.7 Å². The molecule has 9 nitrogen and oxygen atoms in total. The second-order valence-electron chi connectivity index (χ2n) is 9.93. The first-order valence-electron chi connectivity index (χ1n) is 12.5. The van der Waals surface area contributed by atoms with E-state index in [-0.39, 0.29) is 24.4 Å². The van der Waals surface area contributed by atoms with Gasteiger partial charge < -0.3 is 0 Å². The third-order valence-corrected chi connectivity index (χ3v) is 9.25. The van der Waals surface area contributed by atoms with Crippen LogP contribution in [0.2, 0.25) is 0 Å². The Hall–Kier alpha value is -4.17. The number of piperidine rings is 1. The van der Waals surface area contributed by atoms with Gasteiger partial charge in [0.15, 0.2) is 5.78 Å². The molecule has 1 aliphatic heterocycles. The van der Waals surface area contributed by atoms with Gasteiger partial charge in [-0.3, -0.25) is 14.5 Å². The van der Waals surface area contributed by atoms with Crippen molar-refractivity contribution in [2.24, 2.45) is 13.0 Å². The van der Waals surface area contributed by atoms with Crippen molar-refractivity contribution in [1.82, 2.24) is 28.9 Å². The number of aryl methyl sites for hydroxylation is 1. The minimum atomic E-state index is -4.69. The standard InChI is InChI=1S/C27H22F4N6O3S/c1-35-14-20(12-33-35)41(39,40)36-9-7-16-10-24-21(13-34-37(24)19-4-2-18(28)3-5-19)25(22(16)15-36)26(38)23-11-17(6-8-32-23)27(29,30)31/h2-6,8,10-14,22,25H,7,9,15H2,1H3/t22?,25-/m0/s1. The lowest BCUT2D eigenvalue weighted by Crippen LogP contribution is -2.45. The Labute approximate surface area is 231 Å². The first-order valence-corrected chi connectivity index (χ1v) is 14.0. The number of benzene rings is 1. The van der Waals surface area contributed by atoms with Crippen LogP contribution in [0, 0.1) is 11.7 Å². The van der Waals surface area contributed by atoms with E-state index in [9.17, 15) is 30.8 Å². The van der Waals surface area contributed by atoms with Crippen LogP contribution in [0.25, 0.3) is 11.8 Å². The zero-order valence-electron chi connectivity index (χ0n) is 21.5. The minimum absolute atomic E-state index is 0.00419. The summed E-state index contributed by atoms with van der Waals surface area (Å²) in [5.41, 5.74) is 0.782. The summed E-state index contributed by atoms with van der Waals surface area (Å²) in [6.45, 7) is 0.0435. The highest BCUT2D eigenvalue weighted by atomic mass is 32.2. The number of carbonyl (C=O) groups is 1. The van der Waals surface area contributed by atoms with Gasteiger partial charge in [0, 0.05) is 44.0 Å². The third kappa shape index (κ3) is 4.76. The van der Waals surface area contributed by atoms with Gasteiger partial charge in [-0.25, -0.2) is 17.5 Å². The largest absolute Gasteiger partial charge is 0.416 e. The van der Waals surface area contributed by atoms with E-state index in [1.54, 1.807) is 7.05 Å². The Bertz CT molecular complexity index is 1790. The maximum Gasteiger partial charge on any atom is 0.416 e. The molecular formula is C27H22F4N6O3S. The van der Waals surface area contributed by atoms with Crippen molar-refractivity contribution in [2.45, 2.75) is 23.4 Å². The number of ketones is 1. The van der Waals surface area contributed by atoms with E-state index in [1.807, 2.05) is 6.08 Å². The maximum atomic E-state index is 14.0. The Morgan fingerprint density at radius 1 is 1.07 bits per heavy atom. The van der Waals surface area contributed by atoms with Crippen molar-refractivity contribution in [3.05, 3.63) is 95.1 Å². The molecule has 14 heteroatoms. The molecule has 0 radical (unpaired) electrons. The molecule has 3 aromatic heterocycles. The molecule has 0 amide bonds. The van der Waals surface area contributed by atoms with E-state index in [0.29, 0.717) is 23.0 Å². The van der Waals surface area contributed by atoms with E-state index >= 15 is 0 Å². The fourth-order valence-electron chi connectivity index (χ4n) is 5.43. The van der Waals surface area contributed by atoms with Crippen molar-refractivity contribution in [2.75, 3.05) is 13.1 Å².